The number of carbonyl (C=O) groups excluding carboxylic acids is 1. The molecule has 0 aliphatic rings. The Kier molecular flexibility index (Phi) is 5.57. The minimum Gasteiger partial charge on any atom is -0.503 e. The van der Waals surface area contributed by atoms with Crippen LogP contribution in [0, 0.1) is 0 Å². The molecule has 6 heteroatoms. The molecule has 2 aromatic carbocycles. The van der Waals surface area contributed by atoms with Gasteiger partial charge in [-0.1, -0.05) is 24.3 Å². The lowest BCUT2D eigenvalue weighted by Crippen LogP contribution is -2.06. The molecule has 6 nitrogen and oxygen atoms in total. The number of hydrogen-bond donors (Lipinski definition) is 1. The van der Waals surface area contributed by atoms with Gasteiger partial charge in [0.1, 0.15) is 17.1 Å². The van der Waals surface area contributed by atoms with Gasteiger partial charge in [-0.15, -0.1) is 0 Å². The Bertz CT molecular complexity index is 779. The van der Waals surface area contributed by atoms with Gasteiger partial charge in [-0.3, -0.25) is 0 Å². The number of methoxy groups -OCH3 is 2. The van der Waals surface area contributed by atoms with E-state index in [1.54, 1.807) is 36.4 Å². The summed E-state index contributed by atoms with van der Waals surface area (Å²) in [6, 6.07) is 12.9. The molecular formula is C18H16O6. The fourth-order valence-electron chi connectivity index (χ4n) is 2.05. The van der Waals surface area contributed by atoms with Gasteiger partial charge in [0.25, 0.3) is 0 Å². The van der Waals surface area contributed by atoms with Gasteiger partial charge in [0, 0.05) is 5.56 Å². The number of para-hydroxylation sites is 1. The number of esters is 1. The Hall–Kier alpha value is -3.28. The number of rotatable bonds is 6. The molecule has 0 spiro atoms. The van der Waals surface area contributed by atoms with Crippen LogP contribution in [-0.4, -0.2) is 31.3 Å². The van der Waals surface area contributed by atoms with E-state index in [2.05, 4.69) is 0 Å². The minimum absolute atomic E-state index is 0.102. The molecule has 0 aromatic heterocycles. The summed E-state index contributed by atoms with van der Waals surface area (Å²) in [6.07, 6.45) is 1.27. The first kappa shape index (κ1) is 17.1. The van der Waals surface area contributed by atoms with Crippen molar-refractivity contribution >= 4 is 17.5 Å². The van der Waals surface area contributed by atoms with Crippen LogP contribution in [0.15, 0.2) is 54.8 Å². The van der Waals surface area contributed by atoms with E-state index in [0.29, 0.717) is 17.1 Å². The van der Waals surface area contributed by atoms with Crippen LogP contribution >= 0.6 is 0 Å². The van der Waals surface area contributed by atoms with Crippen molar-refractivity contribution in [2.24, 2.45) is 0 Å². The monoisotopic (exact) mass is 328 g/mol. The standard InChI is InChI=1S/C18H16O6/c1-22-11-15(18(21)23-2)14-8-3-4-9-16(14)24-13-7-5-6-12(10-13)17(19)20/h3-11H,1-2H3,(H,19,20). The smallest absolute Gasteiger partial charge is 0.341 e. The summed E-state index contributed by atoms with van der Waals surface area (Å²) in [6.45, 7) is 0. The van der Waals surface area contributed by atoms with Crippen LogP contribution in [-0.2, 0) is 14.3 Å². The normalized spacial score (nSPS) is 10.8. The van der Waals surface area contributed by atoms with Crippen molar-refractivity contribution in [1.29, 1.82) is 0 Å². The lowest BCUT2D eigenvalue weighted by Gasteiger charge is -2.13. The molecule has 2 rings (SSSR count). The molecule has 0 atom stereocenters. The fourth-order valence-corrected chi connectivity index (χ4v) is 2.05. The van der Waals surface area contributed by atoms with Gasteiger partial charge < -0.3 is 19.3 Å². The van der Waals surface area contributed by atoms with Gasteiger partial charge >= 0.3 is 11.9 Å². The number of benzene rings is 2. The van der Waals surface area contributed by atoms with E-state index in [0.717, 1.165) is 0 Å². The van der Waals surface area contributed by atoms with Crippen molar-refractivity contribution in [2.45, 2.75) is 0 Å². The lowest BCUT2D eigenvalue weighted by molar-refractivity contribution is -0.133. The van der Waals surface area contributed by atoms with E-state index in [1.807, 2.05) is 0 Å². The molecule has 0 aliphatic carbocycles. The third kappa shape index (κ3) is 3.92. The van der Waals surface area contributed by atoms with E-state index in [4.69, 9.17) is 19.3 Å². The van der Waals surface area contributed by atoms with Gasteiger partial charge in [-0.25, -0.2) is 9.59 Å². The van der Waals surface area contributed by atoms with Crippen LogP contribution in [0.5, 0.6) is 11.5 Å². The second kappa shape index (κ2) is 7.82. The molecule has 0 saturated carbocycles. The van der Waals surface area contributed by atoms with Crippen LogP contribution in [0.2, 0.25) is 0 Å². The summed E-state index contributed by atoms with van der Waals surface area (Å²) in [4.78, 5) is 23.0. The van der Waals surface area contributed by atoms with Crippen molar-refractivity contribution in [2.75, 3.05) is 14.2 Å². The maximum atomic E-state index is 11.9. The summed E-state index contributed by atoms with van der Waals surface area (Å²) in [5.74, 6) is -0.923. The first-order chi connectivity index (χ1) is 11.6. The number of ether oxygens (including phenoxy) is 3. The first-order valence-corrected chi connectivity index (χ1v) is 6.98. The number of hydrogen-bond acceptors (Lipinski definition) is 5. The summed E-state index contributed by atoms with van der Waals surface area (Å²) in [7, 11) is 2.69. The summed E-state index contributed by atoms with van der Waals surface area (Å²) in [5, 5.41) is 9.05. The molecule has 0 heterocycles. The third-order valence-corrected chi connectivity index (χ3v) is 3.13. The van der Waals surface area contributed by atoms with Crippen molar-refractivity contribution in [3.63, 3.8) is 0 Å². The minimum atomic E-state index is -1.05. The maximum absolute atomic E-state index is 11.9. The van der Waals surface area contributed by atoms with E-state index >= 15 is 0 Å². The predicted octanol–water partition coefficient (Wildman–Crippen LogP) is 3.34. The van der Waals surface area contributed by atoms with Gasteiger partial charge in [-0.05, 0) is 24.3 Å². The molecule has 2 aromatic rings. The highest BCUT2D eigenvalue weighted by Gasteiger charge is 2.18. The average molecular weight is 328 g/mol. The van der Waals surface area contributed by atoms with Crippen LogP contribution in [0.25, 0.3) is 5.57 Å². The van der Waals surface area contributed by atoms with E-state index in [1.165, 1.54) is 32.6 Å². The van der Waals surface area contributed by atoms with Crippen molar-refractivity contribution in [1.82, 2.24) is 0 Å². The highest BCUT2D eigenvalue weighted by atomic mass is 16.5. The molecule has 0 bridgehead atoms. The Morgan fingerprint density at radius 3 is 2.46 bits per heavy atom. The Labute approximate surface area is 138 Å². The number of carbonyl (C=O) groups is 2. The van der Waals surface area contributed by atoms with Crippen molar-refractivity contribution < 1.29 is 28.9 Å². The second-order valence-corrected chi connectivity index (χ2v) is 4.69. The first-order valence-electron chi connectivity index (χ1n) is 6.98. The average Bonchev–Trinajstić information content (AvgIpc) is 2.60. The zero-order chi connectivity index (χ0) is 17.5. The van der Waals surface area contributed by atoms with Crippen molar-refractivity contribution in [3.8, 4) is 11.5 Å². The molecular weight excluding hydrogens is 312 g/mol. The second-order valence-electron chi connectivity index (χ2n) is 4.69. The molecule has 1 N–H and O–H groups in total. The maximum Gasteiger partial charge on any atom is 0.341 e. The SMILES string of the molecule is COC=C(C(=O)OC)c1ccccc1Oc1cccc(C(=O)O)c1. The number of aromatic carboxylic acids is 1. The molecule has 0 amide bonds. The zero-order valence-corrected chi connectivity index (χ0v) is 13.2. The van der Waals surface area contributed by atoms with Gasteiger partial charge in [0.2, 0.25) is 0 Å². The fraction of sp³-hybridized carbons (Fsp3) is 0.111. The molecule has 0 unspecified atom stereocenters. The van der Waals surface area contributed by atoms with Gasteiger partial charge in [0.05, 0.1) is 26.0 Å². The lowest BCUT2D eigenvalue weighted by atomic mass is 10.1. The highest BCUT2D eigenvalue weighted by molar-refractivity contribution is 6.17. The summed E-state index contributed by atoms with van der Waals surface area (Å²) < 4.78 is 15.5. The molecule has 0 saturated heterocycles. The number of carboxylic acids is 1. The van der Waals surface area contributed by atoms with E-state index in [9.17, 15) is 9.59 Å². The van der Waals surface area contributed by atoms with Crippen molar-refractivity contribution in [3.05, 3.63) is 65.9 Å². The largest absolute Gasteiger partial charge is 0.503 e. The Morgan fingerprint density at radius 2 is 1.79 bits per heavy atom. The van der Waals surface area contributed by atoms with Gasteiger partial charge in [-0.2, -0.15) is 0 Å². The quantitative estimate of drug-likeness (QED) is 0.497. The number of carboxylic acid groups (broad SMARTS) is 1. The van der Waals surface area contributed by atoms with Crippen LogP contribution in [0.4, 0.5) is 0 Å². The molecule has 0 aliphatic heterocycles. The molecule has 24 heavy (non-hydrogen) atoms. The molecule has 124 valence electrons. The highest BCUT2D eigenvalue weighted by Crippen LogP contribution is 2.31. The summed E-state index contributed by atoms with van der Waals surface area (Å²) >= 11 is 0. The molecule has 0 radical (unpaired) electrons. The van der Waals surface area contributed by atoms with Crippen LogP contribution in [0.1, 0.15) is 15.9 Å². The van der Waals surface area contributed by atoms with Gasteiger partial charge in [0.15, 0.2) is 0 Å². The molecule has 0 fully saturated rings. The Morgan fingerprint density at radius 1 is 1.04 bits per heavy atom. The topological polar surface area (TPSA) is 82.1 Å². The van der Waals surface area contributed by atoms with E-state index in [-0.39, 0.29) is 11.1 Å². The van der Waals surface area contributed by atoms with E-state index < -0.39 is 11.9 Å². The third-order valence-electron chi connectivity index (χ3n) is 3.13. The summed E-state index contributed by atoms with van der Waals surface area (Å²) in [5.41, 5.74) is 0.752. The predicted molar refractivity (Wildman–Crippen MR) is 86.9 cm³/mol. The Balaban J connectivity index is 2.42. The van der Waals surface area contributed by atoms with Crippen LogP contribution in [0.3, 0.4) is 0 Å². The van der Waals surface area contributed by atoms with Crippen LogP contribution < -0.4 is 4.74 Å². The zero-order valence-electron chi connectivity index (χ0n) is 13.2.